The van der Waals surface area contributed by atoms with Gasteiger partial charge < -0.3 is 5.73 Å². The monoisotopic (exact) mass is 306 g/mol. The summed E-state index contributed by atoms with van der Waals surface area (Å²) >= 11 is 1.45. The maximum absolute atomic E-state index is 12.3. The van der Waals surface area contributed by atoms with E-state index >= 15 is 0 Å². The molecule has 0 aliphatic heterocycles. The van der Waals surface area contributed by atoms with Gasteiger partial charge in [-0.3, -0.25) is 8.89 Å². The summed E-state index contributed by atoms with van der Waals surface area (Å²) in [5.41, 5.74) is 8.37. The summed E-state index contributed by atoms with van der Waals surface area (Å²) in [5.74, 6) is 0.550. The number of benzene rings is 1. The number of aromatic nitrogens is 3. The van der Waals surface area contributed by atoms with E-state index < -0.39 is 10.8 Å². The molecule has 2 aromatic heterocycles. The molecule has 2 heterocycles. The van der Waals surface area contributed by atoms with Crippen LogP contribution in [0.4, 0.5) is 5.69 Å². The van der Waals surface area contributed by atoms with Gasteiger partial charge in [0.15, 0.2) is 4.34 Å². The van der Waals surface area contributed by atoms with Crippen LogP contribution in [0.3, 0.4) is 0 Å². The molecule has 7 heteroatoms. The molecule has 20 heavy (non-hydrogen) atoms. The van der Waals surface area contributed by atoms with Gasteiger partial charge >= 0.3 is 0 Å². The van der Waals surface area contributed by atoms with Crippen molar-refractivity contribution in [1.29, 1.82) is 0 Å². The Labute approximate surface area is 122 Å². The molecule has 1 aromatic carbocycles. The quantitative estimate of drug-likeness (QED) is 0.748. The molecule has 0 bridgehead atoms. The molecule has 3 aromatic rings. The minimum atomic E-state index is -1.09. The van der Waals surface area contributed by atoms with Crippen molar-refractivity contribution in [3.8, 4) is 0 Å². The zero-order chi connectivity index (χ0) is 14.1. The summed E-state index contributed by atoms with van der Waals surface area (Å²) in [6, 6.07) is 7.48. The second-order valence-electron chi connectivity index (χ2n) is 4.45. The molecule has 0 aliphatic rings. The van der Waals surface area contributed by atoms with E-state index in [1.165, 1.54) is 11.3 Å². The maximum Gasteiger partial charge on any atom is 0.181 e. The summed E-state index contributed by atoms with van der Waals surface area (Å²) in [4.78, 5) is 4.42. The first kappa shape index (κ1) is 13.3. The van der Waals surface area contributed by atoms with Crippen molar-refractivity contribution in [3.05, 3.63) is 36.2 Å². The van der Waals surface area contributed by atoms with Gasteiger partial charge in [0.2, 0.25) is 0 Å². The van der Waals surface area contributed by atoms with Crippen molar-refractivity contribution >= 4 is 38.0 Å². The molecule has 3 rings (SSSR count). The van der Waals surface area contributed by atoms with Crippen LogP contribution in [0.2, 0.25) is 0 Å². The predicted molar refractivity (Wildman–Crippen MR) is 82.2 cm³/mol. The molecule has 0 saturated carbocycles. The first-order valence-corrected chi connectivity index (χ1v) is 8.28. The molecule has 1 atom stereocenters. The van der Waals surface area contributed by atoms with Gasteiger partial charge in [0.05, 0.1) is 21.0 Å². The Morgan fingerprint density at radius 2 is 2.25 bits per heavy atom. The summed E-state index contributed by atoms with van der Waals surface area (Å²) < 4.78 is 15.7. The average molecular weight is 306 g/mol. The summed E-state index contributed by atoms with van der Waals surface area (Å²) in [5, 5.41) is 4.10. The molecule has 0 spiro atoms. The lowest BCUT2D eigenvalue weighted by atomic mass is 10.3. The van der Waals surface area contributed by atoms with Crippen LogP contribution in [-0.2, 0) is 24.3 Å². The Hall–Kier alpha value is -1.73. The van der Waals surface area contributed by atoms with Gasteiger partial charge in [-0.1, -0.05) is 0 Å². The largest absolute Gasteiger partial charge is 0.399 e. The molecule has 0 radical (unpaired) electrons. The van der Waals surface area contributed by atoms with Crippen LogP contribution < -0.4 is 5.73 Å². The van der Waals surface area contributed by atoms with E-state index in [1.807, 2.05) is 31.3 Å². The highest BCUT2D eigenvalue weighted by Crippen LogP contribution is 2.26. The molecular formula is C13H14N4OS2. The summed E-state index contributed by atoms with van der Waals surface area (Å²) in [7, 11) is 0.798. The van der Waals surface area contributed by atoms with Gasteiger partial charge in [0.25, 0.3) is 0 Å². The van der Waals surface area contributed by atoms with Gasteiger partial charge in [0, 0.05) is 36.8 Å². The summed E-state index contributed by atoms with van der Waals surface area (Å²) in [6.45, 7) is 0. The fourth-order valence-electron chi connectivity index (χ4n) is 1.95. The summed E-state index contributed by atoms with van der Waals surface area (Å²) in [6.07, 6.45) is 2.47. The van der Waals surface area contributed by atoms with Crippen molar-refractivity contribution in [1.82, 2.24) is 14.8 Å². The van der Waals surface area contributed by atoms with Crippen LogP contribution in [0.5, 0.6) is 0 Å². The van der Waals surface area contributed by atoms with Crippen molar-refractivity contribution < 1.29 is 4.21 Å². The van der Waals surface area contributed by atoms with Crippen LogP contribution in [0.15, 0.2) is 34.8 Å². The number of nitrogens with zero attached hydrogens (tertiary/aromatic N) is 3. The van der Waals surface area contributed by atoms with E-state index in [-0.39, 0.29) is 0 Å². The highest BCUT2D eigenvalue weighted by molar-refractivity contribution is 7.87. The fourth-order valence-corrected chi connectivity index (χ4v) is 4.35. The van der Waals surface area contributed by atoms with E-state index in [9.17, 15) is 4.21 Å². The number of anilines is 1. The number of nitrogen functional groups attached to an aromatic ring is 1. The van der Waals surface area contributed by atoms with E-state index in [2.05, 4.69) is 10.1 Å². The molecule has 1 unspecified atom stereocenters. The Kier molecular flexibility index (Phi) is 3.54. The minimum Gasteiger partial charge on any atom is -0.399 e. The van der Waals surface area contributed by atoms with Gasteiger partial charge in [-0.05, 0) is 24.3 Å². The van der Waals surface area contributed by atoms with Gasteiger partial charge in [-0.2, -0.15) is 5.10 Å². The lowest BCUT2D eigenvalue weighted by molar-refractivity contribution is 0.677. The standard InChI is InChI=1S/C13H14N4OS2/c1-17-10(4-6-15-17)5-7-20(18)13-16-11-3-2-9(14)8-12(11)19-13/h2-4,6,8H,5,7,14H2,1H3. The Bertz CT molecular complexity index is 778. The molecule has 2 N–H and O–H groups in total. The zero-order valence-corrected chi connectivity index (χ0v) is 12.6. The predicted octanol–water partition coefficient (Wildman–Crippen LogP) is 1.96. The topological polar surface area (TPSA) is 73.8 Å². The van der Waals surface area contributed by atoms with Crippen molar-refractivity contribution in [2.24, 2.45) is 7.05 Å². The molecule has 104 valence electrons. The lowest BCUT2D eigenvalue weighted by Crippen LogP contribution is -2.05. The van der Waals surface area contributed by atoms with Crippen molar-refractivity contribution in [2.75, 3.05) is 11.5 Å². The van der Waals surface area contributed by atoms with Crippen LogP contribution in [0, 0.1) is 0 Å². The SMILES string of the molecule is Cn1nccc1CCS(=O)c1nc2ccc(N)cc2s1. The highest BCUT2D eigenvalue weighted by atomic mass is 32.2. The molecule has 0 fully saturated rings. The second kappa shape index (κ2) is 5.34. The molecule has 5 nitrogen and oxygen atoms in total. The van der Waals surface area contributed by atoms with E-state index in [0.29, 0.717) is 15.8 Å². The number of fused-ring (bicyclic) bond motifs is 1. The number of aryl methyl sites for hydroxylation is 2. The fraction of sp³-hybridized carbons (Fsp3) is 0.231. The van der Waals surface area contributed by atoms with E-state index in [0.717, 1.165) is 22.3 Å². The van der Waals surface area contributed by atoms with Gasteiger partial charge in [0.1, 0.15) is 0 Å². The average Bonchev–Trinajstić information content (AvgIpc) is 3.01. The van der Waals surface area contributed by atoms with E-state index in [4.69, 9.17) is 5.73 Å². The highest BCUT2D eigenvalue weighted by Gasteiger charge is 2.12. The second-order valence-corrected chi connectivity index (χ2v) is 7.23. The number of thiazole rings is 1. The number of hydrogen-bond acceptors (Lipinski definition) is 5. The smallest absolute Gasteiger partial charge is 0.181 e. The number of hydrogen-bond donors (Lipinski definition) is 1. The van der Waals surface area contributed by atoms with Crippen molar-refractivity contribution in [2.45, 2.75) is 10.8 Å². The third-order valence-electron chi connectivity index (χ3n) is 3.05. The Balaban J connectivity index is 1.77. The van der Waals surface area contributed by atoms with Crippen LogP contribution in [0.25, 0.3) is 10.2 Å². The maximum atomic E-state index is 12.3. The van der Waals surface area contributed by atoms with Gasteiger partial charge in [-0.25, -0.2) is 4.98 Å². The Morgan fingerprint density at radius 3 is 3.00 bits per heavy atom. The third-order valence-corrected chi connectivity index (χ3v) is 5.73. The molecule has 0 amide bonds. The van der Waals surface area contributed by atoms with E-state index in [1.54, 1.807) is 10.9 Å². The first-order valence-electron chi connectivity index (χ1n) is 6.15. The normalized spacial score (nSPS) is 12.8. The third kappa shape index (κ3) is 2.59. The van der Waals surface area contributed by atoms with Crippen molar-refractivity contribution in [3.63, 3.8) is 0 Å². The molecule has 0 saturated heterocycles. The molecular weight excluding hydrogens is 292 g/mol. The van der Waals surface area contributed by atoms with Gasteiger partial charge in [-0.15, -0.1) is 11.3 Å². The van der Waals surface area contributed by atoms with Crippen LogP contribution in [0.1, 0.15) is 5.69 Å². The lowest BCUT2D eigenvalue weighted by Gasteiger charge is -2.00. The number of nitrogens with two attached hydrogens (primary N) is 1. The minimum absolute atomic E-state index is 0.550. The number of rotatable bonds is 4. The van der Waals surface area contributed by atoms with Crippen LogP contribution >= 0.6 is 11.3 Å². The Morgan fingerprint density at radius 1 is 1.40 bits per heavy atom. The molecule has 0 aliphatic carbocycles. The first-order chi connectivity index (χ1) is 9.63. The zero-order valence-electron chi connectivity index (χ0n) is 10.9. The van der Waals surface area contributed by atoms with Crippen LogP contribution in [-0.4, -0.2) is 24.7 Å².